The average molecular weight is 954 g/mol. The van der Waals surface area contributed by atoms with Crippen molar-refractivity contribution in [2.24, 2.45) is 0 Å². The quantitative estimate of drug-likeness (QED) is 0.0218. The molecule has 0 aromatic heterocycles. The number of hydrogen-bond acceptors (Lipinski definition) is 13. The van der Waals surface area contributed by atoms with E-state index in [-0.39, 0.29) is 18.9 Å². The van der Waals surface area contributed by atoms with Gasteiger partial charge in [-0.2, -0.15) is 0 Å². The van der Waals surface area contributed by atoms with Crippen LogP contribution in [0.5, 0.6) is 0 Å². The van der Waals surface area contributed by atoms with Crippen LogP contribution in [-0.2, 0) is 23.7 Å². The smallest absolute Gasteiger partial charge is 0.220 e. The topological polar surface area (TPSA) is 228 Å². The molecule has 0 spiro atoms. The summed E-state index contributed by atoms with van der Waals surface area (Å²) in [6, 6.07) is -0.867. The maximum atomic E-state index is 13.1. The summed E-state index contributed by atoms with van der Waals surface area (Å²) in [7, 11) is 0. The standard InChI is InChI=1S/C53H95NO13/c1-3-5-7-9-11-13-15-17-18-19-20-21-22-23-25-26-28-30-32-34-36-42(57)41(54-45(58)37-35-33-31-29-27-24-16-14-12-10-8-6-4-2)40-64-52-50(63)48(61)51(44(39-56)66-52)67-53-49(62)47(60)46(59)43(38-55)65-53/h6,8,12,14,24,27,31,33,41-44,46-53,55-57,59-63H,3-5,7,9-11,13,15-23,25-26,28-30,32,34-40H2,1-2H3,(H,54,58)/b8-6-,14-12-,27-24-,33-31-. The van der Waals surface area contributed by atoms with Crippen molar-refractivity contribution in [1.29, 1.82) is 0 Å². The molecule has 0 aromatic rings. The van der Waals surface area contributed by atoms with Crippen molar-refractivity contribution < 1.29 is 64.6 Å². The molecule has 390 valence electrons. The van der Waals surface area contributed by atoms with Crippen LogP contribution in [0, 0.1) is 0 Å². The third-order valence-electron chi connectivity index (χ3n) is 12.8. The van der Waals surface area contributed by atoms with E-state index in [9.17, 15) is 45.6 Å². The number of allylic oxidation sites excluding steroid dienone is 8. The number of rotatable bonds is 40. The molecule has 12 unspecified atom stereocenters. The van der Waals surface area contributed by atoms with Crippen LogP contribution >= 0.6 is 0 Å². The van der Waals surface area contributed by atoms with E-state index in [1.807, 2.05) is 12.2 Å². The Morgan fingerprint density at radius 1 is 0.552 bits per heavy atom. The van der Waals surface area contributed by atoms with Crippen LogP contribution in [0.2, 0.25) is 0 Å². The highest BCUT2D eigenvalue weighted by atomic mass is 16.7. The van der Waals surface area contributed by atoms with Gasteiger partial charge >= 0.3 is 0 Å². The monoisotopic (exact) mass is 954 g/mol. The van der Waals surface area contributed by atoms with Crippen LogP contribution in [0.15, 0.2) is 48.6 Å². The van der Waals surface area contributed by atoms with E-state index >= 15 is 0 Å². The van der Waals surface area contributed by atoms with Gasteiger partial charge in [-0.1, -0.05) is 191 Å². The number of amides is 1. The number of hydrogen-bond donors (Lipinski definition) is 9. The summed E-state index contributed by atoms with van der Waals surface area (Å²) in [6.07, 6.45) is 29.9. The first-order chi connectivity index (χ1) is 32.6. The number of nitrogens with one attached hydrogen (secondary N) is 1. The number of aliphatic hydroxyl groups excluding tert-OH is 8. The third kappa shape index (κ3) is 26.7. The lowest BCUT2D eigenvalue weighted by Gasteiger charge is -2.46. The molecule has 14 nitrogen and oxygen atoms in total. The van der Waals surface area contributed by atoms with Crippen molar-refractivity contribution in [3.8, 4) is 0 Å². The van der Waals surface area contributed by atoms with Gasteiger partial charge in [0.15, 0.2) is 12.6 Å². The molecule has 2 aliphatic heterocycles. The van der Waals surface area contributed by atoms with Crippen molar-refractivity contribution in [2.45, 2.75) is 261 Å². The molecule has 0 saturated carbocycles. The number of carbonyl (C=O) groups excluding carboxylic acids is 1. The molecule has 2 rings (SSSR count). The summed E-state index contributed by atoms with van der Waals surface area (Å²) in [5.74, 6) is -0.287. The van der Waals surface area contributed by atoms with Crippen LogP contribution < -0.4 is 5.32 Å². The van der Waals surface area contributed by atoms with Gasteiger partial charge in [0.25, 0.3) is 0 Å². The molecule has 67 heavy (non-hydrogen) atoms. The Morgan fingerprint density at radius 3 is 1.49 bits per heavy atom. The molecule has 2 heterocycles. The van der Waals surface area contributed by atoms with Crippen molar-refractivity contribution in [3.63, 3.8) is 0 Å². The number of unbranched alkanes of at least 4 members (excludes halogenated alkanes) is 19. The maximum Gasteiger partial charge on any atom is 0.220 e. The maximum absolute atomic E-state index is 13.1. The molecule has 14 heteroatoms. The van der Waals surface area contributed by atoms with Gasteiger partial charge in [-0.3, -0.25) is 4.79 Å². The lowest BCUT2D eigenvalue weighted by molar-refractivity contribution is -0.359. The summed E-state index contributed by atoms with van der Waals surface area (Å²) < 4.78 is 22.7. The van der Waals surface area contributed by atoms with Crippen LogP contribution in [0.3, 0.4) is 0 Å². The van der Waals surface area contributed by atoms with Crippen LogP contribution in [0.25, 0.3) is 0 Å². The molecule has 1 amide bonds. The van der Waals surface area contributed by atoms with E-state index in [0.717, 1.165) is 51.4 Å². The first-order valence-electron chi connectivity index (χ1n) is 26.4. The predicted molar refractivity (Wildman–Crippen MR) is 263 cm³/mol. The summed E-state index contributed by atoms with van der Waals surface area (Å²) in [5, 5.41) is 86.9. The lowest BCUT2D eigenvalue weighted by Crippen LogP contribution is -2.65. The Hall–Kier alpha value is -2.05. The lowest BCUT2D eigenvalue weighted by atomic mass is 9.97. The first-order valence-corrected chi connectivity index (χ1v) is 26.4. The summed E-state index contributed by atoms with van der Waals surface area (Å²) in [4.78, 5) is 13.1. The van der Waals surface area contributed by atoms with Crippen molar-refractivity contribution >= 4 is 5.91 Å². The molecule has 0 bridgehead atoms. The van der Waals surface area contributed by atoms with E-state index in [1.54, 1.807) is 0 Å². The van der Waals surface area contributed by atoms with E-state index in [2.05, 4.69) is 55.6 Å². The molecular formula is C53H95NO13. The Morgan fingerprint density at radius 2 is 1.00 bits per heavy atom. The molecule has 0 aliphatic carbocycles. The zero-order chi connectivity index (χ0) is 48.9. The molecular weight excluding hydrogens is 859 g/mol. The second-order valence-electron chi connectivity index (χ2n) is 18.6. The second kappa shape index (κ2) is 39.6. The van der Waals surface area contributed by atoms with Gasteiger partial charge in [0.1, 0.15) is 48.8 Å². The Labute approximate surface area is 403 Å². The number of ether oxygens (including phenoxy) is 4. The van der Waals surface area contributed by atoms with Gasteiger partial charge < -0.3 is 65.1 Å². The Kier molecular flexibility index (Phi) is 36.1. The molecule has 2 saturated heterocycles. The predicted octanol–water partition coefficient (Wildman–Crippen LogP) is 7.27. The zero-order valence-corrected chi connectivity index (χ0v) is 41.4. The molecule has 0 aromatic carbocycles. The second-order valence-corrected chi connectivity index (χ2v) is 18.6. The minimum Gasteiger partial charge on any atom is -0.394 e. The van der Waals surface area contributed by atoms with Gasteiger partial charge in [0, 0.05) is 6.42 Å². The van der Waals surface area contributed by atoms with Crippen LogP contribution in [0.4, 0.5) is 0 Å². The SMILES string of the molecule is CC/C=C\C/C=C\C/C=C\C/C=C\CCC(=O)NC(COC1OC(CO)C(OC2OC(CO)C(O)C(O)C2O)C(O)C1O)C(O)CCCCCCCCCCCCCCCCCCCCCC. The van der Waals surface area contributed by atoms with Gasteiger partial charge in [-0.05, 0) is 38.5 Å². The fraction of sp³-hybridized carbons (Fsp3) is 0.830. The van der Waals surface area contributed by atoms with Crippen molar-refractivity contribution in [1.82, 2.24) is 5.32 Å². The highest BCUT2D eigenvalue weighted by molar-refractivity contribution is 5.76. The number of carbonyl (C=O) groups is 1. The van der Waals surface area contributed by atoms with E-state index < -0.39 is 86.8 Å². The van der Waals surface area contributed by atoms with Crippen molar-refractivity contribution in [3.05, 3.63) is 48.6 Å². The zero-order valence-electron chi connectivity index (χ0n) is 41.4. The third-order valence-corrected chi connectivity index (χ3v) is 12.8. The Bertz CT molecular complexity index is 1310. The molecule has 9 N–H and O–H groups in total. The summed E-state index contributed by atoms with van der Waals surface area (Å²) >= 11 is 0. The van der Waals surface area contributed by atoms with Crippen molar-refractivity contribution in [2.75, 3.05) is 19.8 Å². The van der Waals surface area contributed by atoms with E-state index in [4.69, 9.17) is 18.9 Å². The molecule has 2 fully saturated rings. The van der Waals surface area contributed by atoms with Crippen LogP contribution in [0.1, 0.15) is 187 Å². The summed E-state index contributed by atoms with van der Waals surface area (Å²) in [5.41, 5.74) is 0. The number of aliphatic hydroxyl groups is 8. The fourth-order valence-corrected chi connectivity index (χ4v) is 8.54. The Balaban J connectivity index is 1.82. The van der Waals surface area contributed by atoms with Gasteiger partial charge in [0.05, 0.1) is 32.0 Å². The fourth-order valence-electron chi connectivity index (χ4n) is 8.54. The first kappa shape index (κ1) is 61.1. The normalized spacial score (nSPS) is 27.0. The van der Waals surface area contributed by atoms with E-state index in [1.165, 1.54) is 103 Å². The van der Waals surface area contributed by atoms with Gasteiger partial charge in [0.2, 0.25) is 5.91 Å². The molecule has 2 aliphatic rings. The average Bonchev–Trinajstić information content (AvgIpc) is 3.32. The minimum atomic E-state index is -1.79. The van der Waals surface area contributed by atoms with Crippen LogP contribution in [-0.4, -0.2) is 140 Å². The molecule has 12 atom stereocenters. The summed E-state index contributed by atoms with van der Waals surface area (Å²) in [6.45, 7) is 2.68. The largest absolute Gasteiger partial charge is 0.394 e. The van der Waals surface area contributed by atoms with E-state index in [0.29, 0.717) is 12.8 Å². The highest BCUT2D eigenvalue weighted by Gasteiger charge is 2.51. The van der Waals surface area contributed by atoms with Gasteiger partial charge in [-0.25, -0.2) is 0 Å². The molecule has 0 radical (unpaired) electrons. The minimum absolute atomic E-state index is 0.182. The van der Waals surface area contributed by atoms with Gasteiger partial charge in [-0.15, -0.1) is 0 Å². The highest BCUT2D eigenvalue weighted by Crippen LogP contribution is 2.30.